The van der Waals surface area contributed by atoms with Crippen LogP contribution in [-0.4, -0.2) is 4.98 Å². The van der Waals surface area contributed by atoms with Gasteiger partial charge in [0.25, 0.3) is 0 Å². The summed E-state index contributed by atoms with van der Waals surface area (Å²) in [5.41, 5.74) is 13.2. The molecule has 0 atom stereocenters. The SMILES string of the molecule is c1ccc(N2c3ccccc3C3(c4ccccc4-c4cc(-c5ccccn5)ccc43)c3ccccc32)cc1. The first-order valence-electron chi connectivity index (χ1n) is 13.1. The molecule has 0 amide bonds. The van der Waals surface area contributed by atoms with E-state index in [9.17, 15) is 0 Å². The summed E-state index contributed by atoms with van der Waals surface area (Å²) < 4.78 is 0. The lowest BCUT2D eigenvalue weighted by molar-refractivity contribution is 0.752. The molecule has 0 fully saturated rings. The fourth-order valence-electron chi connectivity index (χ4n) is 6.66. The minimum Gasteiger partial charge on any atom is -0.310 e. The molecule has 1 aromatic heterocycles. The van der Waals surface area contributed by atoms with Gasteiger partial charge in [0.05, 0.1) is 22.5 Å². The van der Waals surface area contributed by atoms with Gasteiger partial charge in [0, 0.05) is 17.4 Å². The van der Waals surface area contributed by atoms with Crippen LogP contribution in [0.15, 0.2) is 146 Å². The van der Waals surface area contributed by atoms with Gasteiger partial charge in [-0.2, -0.15) is 0 Å². The van der Waals surface area contributed by atoms with Crippen LogP contribution >= 0.6 is 0 Å². The Morgan fingerprint density at radius 2 is 1.08 bits per heavy atom. The standard InChI is InChI=1S/C36H24N2/c1-2-12-26(13-3-1)38-34-19-8-6-16-31(34)36(32-17-7-9-20-35(32)38)29-15-5-4-14-27(29)28-24-25(21-22-30(28)36)33-18-10-11-23-37-33/h1-24H. The molecule has 2 heterocycles. The van der Waals surface area contributed by atoms with Crippen LogP contribution in [0.4, 0.5) is 17.1 Å². The molecular weight excluding hydrogens is 460 g/mol. The zero-order valence-electron chi connectivity index (χ0n) is 20.8. The van der Waals surface area contributed by atoms with E-state index in [1.165, 1.54) is 50.4 Å². The monoisotopic (exact) mass is 484 g/mol. The summed E-state index contributed by atoms with van der Waals surface area (Å²) >= 11 is 0. The van der Waals surface area contributed by atoms with E-state index in [4.69, 9.17) is 0 Å². The molecule has 38 heavy (non-hydrogen) atoms. The number of para-hydroxylation sites is 3. The second-order valence-electron chi connectivity index (χ2n) is 9.98. The molecule has 1 aliphatic carbocycles. The number of fused-ring (bicyclic) bond motifs is 9. The molecule has 6 aromatic rings. The topological polar surface area (TPSA) is 16.1 Å². The lowest BCUT2D eigenvalue weighted by atomic mass is 9.64. The minimum absolute atomic E-state index is 0.410. The molecule has 2 nitrogen and oxygen atoms in total. The zero-order valence-corrected chi connectivity index (χ0v) is 20.8. The summed E-state index contributed by atoms with van der Waals surface area (Å²) in [6.07, 6.45) is 1.86. The van der Waals surface area contributed by atoms with Gasteiger partial charge < -0.3 is 4.90 Å². The van der Waals surface area contributed by atoms with Crippen LogP contribution in [0.3, 0.4) is 0 Å². The fourth-order valence-corrected chi connectivity index (χ4v) is 6.66. The van der Waals surface area contributed by atoms with E-state index in [0.717, 1.165) is 11.3 Å². The number of aromatic nitrogens is 1. The molecule has 5 aromatic carbocycles. The van der Waals surface area contributed by atoms with Crippen LogP contribution in [-0.2, 0) is 5.41 Å². The van der Waals surface area contributed by atoms with Crippen LogP contribution in [0.1, 0.15) is 22.3 Å². The van der Waals surface area contributed by atoms with Crippen LogP contribution < -0.4 is 4.90 Å². The van der Waals surface area contributed by atoms with Gasteiger partial charge in [0.1, 0.15) is 0 Å². The van der Waals surface area contributed by atoms with Gasteiger partial charge in [0.2, 0.25) is 0 Å². The Labute approximate surface area is 222 Å². The van der Waals surface area contributed by atoms with Crippen LogP contribution in [0.25, 0.3) is 22.4 Å². The normalized spacial score (nSPS) is 13.9. The van der Waals surface area contributed by atoms with Crippen LogP contribution in [0, 0.1) is 0 Å². The lowest BCUT2D eigenvalue weighted by Gasteiger charge is -2.45. The molecule has 178 valence electrons. The highest BCUT2D eigenvalue weighted by Crippen LogP contribution is 2.63. The van der Waals surface area contributed by atoms with Crippen LogP contribution in [0.2, 0.25) is 0 Å². The Bertz CT molecular complexity index is 1770. The highest BCUT2D eigenvalue weighted by atomic mass is 15.2. The molecule has 0 N–H and O–H groups in total. The van der Waals surface area contributed by atoms with Crippen molar-refractivity contribution in [2.45, 2.75) is 5.41 Å². The molecular formula is C36H24N2. The summed E-state index contributed by atoms with van der Waals surface area (Å²) in [5, 5.41) is 0. The summed E-state index contributed by atoms with van der Waals surface area (Å²) in [6, 6.07) is 50.5. The largest absolute Gasteiger partial charge is 0.310 e. The Balaban J connectivity index is 1.49. The van der Waals surface area contributed by atoms with E-state index in [0.29, 0.717) is 0 Å². The third kappa shape index (κ3) is 2.75. The second-order valence-corrected chi connectivity index (χ2v) is 9.98. The maximum atomic E-state index is 4.64. The molecule has 0 saturated carbocycles. The Morgan fingerprint density at radius 3 is 1.79 bits per heavy atom. The lowest BCUT2D eigenvalue weighted by Crippen LogP contribution is -2.36. The van der Waals surface area contributed by atoms with E-state index < -0.39 is 5.41 Å². The molecule has 2 aliphatic rings. The van der Waals surface area contributed by atoms with Gasteiger partial charge in [0.15, 0.2) is 0 Å². The molecule has 1 spiro atoms. The molecule has 0 unspecified atom stereocenters. The maximum absolute atomic E-state index is 4.64. The third-order valence-corrected chi connectivity index (χ3v) is 8.12. The first-order chi connectivity index (χ1) is 18.9. The van der Waals surface area contributed by atoms with E-state index in [1.54, 1.807) is 0 Å². The van der Waals surface area contributed by atoms with Crippen molar-refractivity contribution in [2.75, 3.05) is 4.90 Å². The number of pyridine rings is 1. The number of anilines is 3. The number of rotatable bonds is 2. The molecule has 0 saturated heterocycles. The zero-order chi connectivity index (χ0) is 25.1. The number of hydrogen-bond acceptors (Lipinski definition) is 2. The quantitative estimate of drug-likeness (QED) is 0.243. The average molecular weight is 485 g/mol. The van der Waals surface area contributed by atoms with Gasteiger partial charge in [-0.3, -0.25) is 4.98 Å². The molecule has 0 radical (unpaired) electrons. The Morgan fingerprint density at radius 1 is 0.474 bits per heavy atom. The maximum Gasteiger partial charge on any atom is 0.0754 e. The van der Waals surface area contributed by atoms with E-state index in [-0.39, 0.29) is 0 Å². The summed E-state index contributed by atoms with van der Waals surface area (Å²) in [7, 11) is 0. The van der Waals surface area contributed by atoms with E-state index in [2.05, 4.69) is 143 Å². The van der Waals surface area contributed by atoms with Crippen molar-refractivity contribution in [3.05, 3.63) is 168 Å². The van der Waals surface area contributed by atoms with E-state index in [1.807, 2.05) is 12.3 Å². The van der Waals surface area contributed by atoms with Gasteiger partial charge in [-0.15, -0.1) is 0 Å². The number of nitrogens with zero attached hydrogens (tertiary/aromatic N) is 2. The predicted octanol–water partition coefficient (Wildman–Crippen LogP) is 8.89. The first-order valence-corrected chi connectivity index (χ1v) is 13.1. The smallest absolute Gasteiger partial charge is 0.0754 e. The highest BCUT2D eigenvalue weighted by molar-refractivity contribution is 5.96. The van der Waals surface area contributed by atoms with Crippen molar-refractivity contribution >= 4 is 17.1 Å². The van der Waals surface area contributed by atoms with Gasteiger partial charge in [-0.1, -0.05) is 97.1 Å². The van der Waals surface area contributed by atoms with Crippen molar-refractivity contribution in [2.24, 2.45) is 0 Å². The molecule has 0 bridgehead atoms. The first kappa shape index (κ1) is 21.2. The molecule has 8 rings (SSSR count). The van der Waals surface area contributed by atoms with Crippen molar-refractivity contribution in [3.63, 3.8) is 0 Å². The predicted molar refractivity (Wildman–Crippen MR) is 155 cm³/mol. The number of benzene rings is 5. The van der Waals surface area contributed by atoms with Crippen molar-refractivity contribution in [1.82, 2.24) is 4.98 Å². The van der Waals surface area contributed by atoms with Crippen LogP contribution in [0.5, 0.6) is 0 Å². The summed E-state index contributed by atoms with van der Waals surface area (Å²) in [5.74, 6) is 0. The molecule has 1 aliphatic heterocycles. The third-order valence-electron chi connectivity index (χ3n) is 8.12. The van der Waals surface area contributed by atoms with Gasteiger partial charge in [-0.25, -0.2) is 0 Å². The van der Waals surface area contributed by atoms with Gasteiger partial charge in [-0.05, 0) is 75.8 Å². The average Bonchev–Trinajstić information content (AvgIpc) is 3.29. The van der Waals surface area contributed by atoms with Gasteiger partial charge >= 0.3 is 0 Å². The summed E-state index contributed by atoms with van der Waals surface area (Å²) in [4.78, 5) is 7.06. The van der Waals surface area contributed by atoms with Crippen molar-refractivity contribution < 1.29 is 0 Å². The Kier molecular flexibility index (Phi) is 4.47. The second kappa shape index (κ2) is 8.03. The van der Waals surface area contributed by atoms with Crippen molar-refractivity contribution in [1.29, 1.82) is 0 Å². The number of hydrogen-bond donors (Lipinski definition) is 0. The summed E-state index contributed by atoms with van der Waals surface area (Å²) in [6.45, 7) is 0. The van der Waals surface area contributed by atoms with E-state index >= 15 is 0 Å². The highest BCUT2D eigenvalue weighted by Gasteiger charge is 2.51. The fraction of sp³-hybridized carbons (Fsp3) is 0.0278. The minimum atomic E-state index is -0.410. The molecule has 2 heteroatoms. The Hall–Kier alpha value is -4.95. The van der Waals surface area contributed by atoms with Crippen molar-refractivity contribution in [3.8, 4) is 22.4 Å².